The third kappa shape index (κ3) is 23.2. The van der Waals surface area contributed by atoms with Crippen molar-refractivity contribution in [2.75, 3.05) is 0 Å². The monoisotopic (exact) mass is 602 g/mol. The predicted octanol–water partition coefficient (Wildman–Crippen LogP) is 14.5. The van der Waals surface area contributed by atoms with E-state index < -0.39 is 0 Å². The van der Waals surface area contributed by atoms with Crippen molar-refractivity contribution in [1.29, 1.82) is 0 Å². The Labute approximate surface area is 272 Å². The molecule has 0 aromatic carbocycles. The van der Waals surface area contributed by atoms with Crippen molar-refractivity contribution in [3.8, 4) is 0 Å². The van der Waals surface area contributed by atoms with Gasteiger partial charge in [-0.3, -0.25) is 0 Å². The summed E-state index contributed by atoms with van der Waals surface area (Å²) in [6.45, 7) is 9.42. The highest BCUT2D eigenvalue weighted by Gasteiger charge is 2.25. The first-order chi connectivity index (χ1) is 21.2. The lowest BCUT2D eigenvalue weighted by Crippen LogP contribution is -2.41. The van der Waals surface area contributed by atoms with Gasteiger partial charge in [0.15, 0.2) is 0 Å². The molecule has 2 nitrogen and oxygen atoms in total. The molecule has 2 unspecified atom stereocenters. The molecule has 1 rings (SSSR count). The molecule has 0 saturated heterocycles. The van der Waals surface area contributed by atoms with Gasteiger partial charge in [0.05, 0.1) is 12.0 Å². The van der Waals surface area contributed by atoms with Gasteiger partial charge in [0.25, 0.3) is 5.82 Å². The minimum Gasteiger partial charge on any atom is -0.247 e. The number of nitrogens with zero attached hydrogens (tertiary/aromatic N) is 1. The zero-order valence-electron chi connectivity index (χ0n) is 30.4. The van der Waals surface area contributed by atoms with Crippen LogP contribution in [0.2, 0.25) is 0 Å². The zero-order valence-corrected chi connectivity index (χ0v) is 30.4. The van der Waals surface area contributed by atoms with Crippen molar-refractivity contribution < 1.29 is 4.57 Å². The molecule has 0 saturated carbocycles. The average Bonchev–Trinajstić information content (AvgIpc) is 3.51. The molecule has 254 valence electrons. The van der Waals surface area contributed by atoms with Crippen LogP contribution in [0.25, 0.3) is 0 Å². The molecule has 43 heavy (non-hydrogen) atoms. The van der Waals surface area contributed by atoms with E-state index in [2.05, 4.69) is 49.6 Å². The molecular formula is C41H81N2+. The summed E-state index contributed by atoms with van der Waals surface area (Å²) in [6.07, 6.45) is 50.2. The molecule has 2 atom stereocenters. The number of rotatable bonds is 34. The minimum atomic E-state index is 0.619. The van der Waals surface area contributed by atoms with Crippen LogP contribution in [-0.2, 0) is 0 Å². The molecule has 1 heterocycles. The highest BCUT2D eigenvalue weighted by atomic mass is 15.1. The standard InChI is InChI=1S/C41H80N2/c1-5-8-11-14-17-19-21-23-25-27-30-33-36-40(35-32-29-16-13-10-7-3)41-42-37-38-43(41)39(4)34-31-28-26-24-22-20-18-15-12-9-6-2/h37-40H,5-36H2,1-4H3/p+1. The van der Waals surface area contributed by atoms with E-state index in [0.29, 0.717) is 12.0 Å². The molecule has 0 fully saturated rings. The summed E-state index contributed by atoms with van der Waals surface area (Å²) in [7, 11) is 0. The first-order valence-electron chi connectivity index (χ1n) is 20.3. The third-order valence-electron chi connectivity index (χ3n) is 10.1. The van der Waals surface area contributed by atoms with Crippen molar-refractivity contribution in [3.63, 3.8) is 0 Å². The Hall–Kier alpha value is -0.790. The number of H-pyrrole nitrogens is 1. The molecule has 0 aliphatic heterocycles. The molecule has 1 N–H and O–H groups in total. The van der Waals surface area contributed by atoms with Gasteiger partial charge in [-0.15, -0.1) is 0 Å². The summed E-state index contributed by atoms with van der Waals surface area (Å²) in [5, 5.41) is 0. The Bertz CT molecular complexity index is 664. The van der Waals surface area contributed by atoms with Crippen LogP contribution in [0, 0.1) is 0 Å². The van der Waals surface area contributed by atoms with E-state index in [1.807, 2.05) is 0 Å². The maximum atomic E-state index is 3.75. The Morgan fingerprint density at radius 2 is 0.744 bits per heavy atom. The second-order valence-corrected chi connectivity index (χ2v) is 14.4. The van der Waals surface area contributed by atoms with Crippen molar-refractivity contribution >= 4 is 0 Å². The number of hydrogen-bond acceptors (Lipinski definition) is 0. The van der Waals surface area contributed by atoms with E-state index in [1.54, 1.807) is 0 Å². The SMILES string of the molecule is CCCCCCCCCCCCCCC(CCCCCCCC)c1[nH]cc[n+]1C(C)CCCCCCCCCCCCC. The lowest BCUT2D eigenvalue weighted by Gasteiger charge is -2.17. The molecule has 1 aromatic rings. The molecule has 0 radical (unpaired) electrons. The van der Waals surface area contributed by atoms with E-state index in [0.717, 1.165) is 0 Å². The van der Waals surface area contributed by atoms with Crippen LogP contribution >= 0.6 is 0 Å². The van der Waals surface area contributed by atoms with Crippen molar-refractivity contribution in [1.82, 2.24) is 4.98 Å². The highest BCUT2D eigenvalue weighted by molar-refractivity contribution is 4.90. The van der Waals surface area contributed by atoms with Gasteiger partial charge in [-0.1, -0.05) is 201 Å². The van der Waals surface area contributed by atoms with Gasteiger partial charge in [-0.05, 0) is 32.6 Å². The summed E-state index contributed by atoms with van der Waals surface area (Å²) in [4.78, 5) is 3.75. The van der Waals surface area contributed by atoms with Crippen LogP contribution in [0.4, 0.5) is 0 Å². The van der Waals surface area contributed by atoms with E-state index in [9.17, 15) is 0 Å². The summed E-state index contributed by atoms with van der Waals surface area (Å²) in [5.41, 5.74) is 0. The fraction of sp³-hybridized carbons (Fsp3) is 0.927. The van der Waals surface area contributed by atoms with Gasteiger partial charge < -0.3 is 0 Å². The topological polar surface area (TPSA) is 19.7 Å². The van der Waals surface area contributed by atoms with Crippen molar-refractivity contribution in [2.45, 2.75) is 245 Å². The maximum Gasteiger partial charge on any atom is 0.257 e. The number of aromatic amines is 1. The molecule has 0 amide bonds. The van der Waals surface area contributed by atoms with Gasteiger partial charge >= 0.3 is 0 Å². The Morgan fingerprint density at radius 1 is 0.442 bits per heavy atom. The van der Waals surface area contributed by atoms with Crippen molar-refractivity contribution in [3.05, 3.63) is 18.2 Å². The van der Waals surface area contributed by atoms with Crippen LogP contribution in [0.15, 0.2) is 12.4 Å². The quantitative estimate of drug-likeness (QED) is 0.0599. The lowest BCUT2D eigenvalue weighted by molar-refractivity contribution is -0.727. The van der Waals surface area contributed by atoms with Gasteiger partial charge in [0.1, 0.15) is 12.4 Å². The highest BCUT2D eigenvalue weighted by Crippen LogP contribution is 2.27. The molecule has 0 aliphatic carbocycles. The van der Waals surface area contributed by atoms with Crippen LogP contribution in [0.1, 0.15) is 251 Å². The van der Waals surface area contributed by atoms with E-state index in [-0.39, 0.29) is 0 Å². The molecule has 0 bridgehead atoms. The molecule has 0 aliphatic rings. The van der Waals surface area contributed by atoms with E-state index >= 15 is 0 Å². The normalized spacial score (nSPS) is 13.1. The van der Waals surface area contributed by atoms with E-state index in [4.69, 9.17) is 0 Å². The van der Waals surface area contributed by atoms with E-state index in [1.165, 1.54) is 211 Å². The molecule has 0 spiro atoms. The van der Waals surface area contributed by atoms with Crippen LogP contribution in [-0.4, -0.2) is 4.98 Å². The lowest BCUT2D eigenvalue weighted by atomic mass is 9.92. The van der Waals surface area contributed by atoms with Gasteiger partial charge in [-0.2, -0.15) is 0 Å². The molecule has 2 heteroatoms. The summed E-state index contributed by atoms with van der Waals surface area (Å²) in [6, 6.07) is 0.619. The molecular weight excluding hydrogens is 520 g/mol. The number of imidazole rings is 1. The summed E-state index contributed by atoms with van der Waals surface area (Å²) in [5.74, 6) is 2.25. The maximum absolute atomic E-state index is 3.75. The number of aromatic nitrogens is 2. The first kappa shape index (κ1) is 40.2. The fourth-order valence-electron chi connectivity index (χ4n) is 7.13. The van der Waals surface area contributed by atoms with Crippen LogP contribution < -0.4 is 4.57 Å². The van der Waals surface area contributed by atoms with Crippen LogP contribution in [0.3, 0.4) is 0 Å². The second kappa shape index (κ2) is 31.2. The smallest absolute Gasteiger partial charge is 0.247 e. The Balaban J connectivity index is 2.36. The van der Waals surface area contributed by atoms with Crippen LogP contribution in [0.5, 0.6) is 0 Å². The summed E-state index contributed by atoms with van der Waals surface area (Å²) < 4.78 is 2.64. The average molecular weight is 602 g/mol. The third-order valence-corrected chi connectivity index (χ3v) is 10.1. The van der Waals surface area contributed by atoms with Crippen molar-refractivity contribution in [2.24, 2.45) is 0 Å². The second-order valence-electron chi connectivity index (χ2n) is 14.4. The van der Waals surface area contributed by atoms with Gasteiger partial charge in [-0.25, -0.2) is 9.55 Å². The number of hydrogen-bond donors (Lipinski definition) is 1. The minimum absolute atomic E-state index is 0.619. The number of unbranched alkanes of at least 4 members (excludes halogenated alkanes) is 26. The zero-order chi connectivity index (χ0) is 31.1. The largest absolute Gasteiger partial charge is 0.257 e. The fourth-order valence-corrected chi connectivity index (χ4v) is 7.13. The summed E-state index contributed by atoms with van der Waals surface area (Å²) >= 11 is 0. The predicted molar refractivity (Wildman–Crippen MR) is 193 cm³/mol. The number of nitrogens with one attached hydrogen (secondary N) is 1. The van der Waals surface area contributed by atoms with Gasteiger partial charge in [0.2, 0.25) is 0 Å². The molecule has 1 aromatic heterocycles. The first-order valence-corrected chi connectivity index (χ1v) is 20.3. The Kier molecular flexibility index (Phi) is 29.2. The van der Waals surface area contributed by atoms with Gasteiger partial charge in [0, 0.05) is 0 Å². The Morgan fingerprint density at radius 3 is 1.09 bits per heavy atom.